The Bertz CT molecular complexity index is 918. The molecule has 0 bridgehead atoms. The number of carbonyl (C=O) groups is 1. The molecule has 2 heterocycles. The Hall–Kier alpha value is -2.81. The molecule has 9 heteroatoms. The Morgan fingerprint density at radius 3 is 2.81 bits per heavy atom. The van der Waals surface area contributed by atoms with Crippen LogP contribution in [0, 0.1) is 0 Å². The highest BCUT2D eigenvalue weighted by Crippen LogP contribution is 2.33. The van der Waals surface area contributed by atoms with Gasteiger partial charge in [0.2, 0.25) is 5.91 Å². The van der Waals surface area contributed by atoms with E-state index in [1.807, 2.05) is 0 Å². The maximum Gasteiger partial charge on any atom is 0.416 e. The second kappa shape index (κ2) is 7.20. The van der Waals surface area contributed by atoms with E-state index in [0.717, 1.165) is 12.1 Å². The molecular weight excluding hydrogens is 367 g/mol. The van der Waals surface area contributed by atoms with Crippen LogP contribution < -0.4 is 10.6 Å². The first kappa shape index (κ1) is 18.0. The molecule has 2 N–H and O–H groups in total. The summed E-state index contributed by atoms with van der Waals surface area (Å²) in [6.07, 6.45) is -4.40. The van der Waals surface area contributed by atoms with Gasteiger partial charge < -0.3 is 15.1 Å². The summed E-state index contributed by atoms with van der Waals surface area (Å²) in [6.45, 7) is 1.69. The third-order valence-electron chi connectivity index (χ3n) is 3.37. The molecule has 0 atom stereocenters. The van der Waals surface area contributed by atoms with Crippen LogP contribution in [0.4, 0.5) is 24.0 Å². The van der Waals surface area contributed by atoms with E-state index in [4.69, 9.17) is 4.42 Å². The summed E-state index contributed by atoms with van der Waals surface area (Å²) in [6, 6.07) is 8.36. The standard InChI is InChI=1S/C17H14F3N3O2S/c1-10(24)21-8-13-5-6-15(25-13)14-9-26-16(23-14)22-12-4-2-3-11(7-12)17(18,19)20/h2-7,9H,8H2,1H3,(H,21,24)(H,22,23). The van der Waals surface area contributed by atoms with Crippen LogP contribution in [-0.4, -0.2) is 10.9 Å². The number of halogens is 3. The van der Waals surface area contributed by atoms with Crippen LogP contribution in [-0.2, 0) is 17.5 Å². The Morgan fingerprint density at radius 1 is 1.27 bits per heavy atom. The summed E-state index contributed by atoms with van der Waals surface area (Å²) >= 11 is 1.25. The molecule has 5 nitrogen and oxygen atoms in total. The largest absolute Gasteiger partial charge is 0.458 e. The van der Waals surface area contributed by atoms with Crippen molar-refractivity contribution >= 4 is 28.1 Å². The lowest BCUT2D eigenvalue weighted by molar-refractivity contribution is -0.137. The predicted octanol–water partition coefficient (Wildman–Crippen LogP) is 4.80. The molecule has 0 radical (unpaired) electrons. The van der Waals surface area contributed by atoms with E-state index in [2.05, 4.69) is 15.6 Å². The number of benzene rings is 1. The Morgan fingerprint density at radius 2 is 2.08 bits per heavy atom. The van der Waals surface area contributed by atoms with Gasteiger partial charge in [-0.3, -0.25) is 4.79 Å². The van der Waals surface area contributed by atoms with E-state index in [-0.39, 0.29) is 12.5 Å². The fourth-order valence-corrected chi connectivity index (χ4v) is 2.88. The molecule has 0 spiro atoms. The summed E-state index contributed by atoms with van der Waals surface area (Å²) in [4.78, 5) is 15.2. The van der Waals surface area contributed by atoms with Crippen molar-refractivity contribution in [2.75, 3.05) is 5.32 Å². The number of carbonyl (C=O) groups excluding carboxylic acids is 1. The lowest BCUT2D eigenvalue weighted by Gasteiger charge is -2.08. The monoisotopic (exact) mass is 381 g/mol. The normalized spacial score (nSPS) is 11.4. The molecule has 0 aliphatic carbocycles. The number of hydrogen-bond acceptors (Lipinski definition) is 5. The summed E-state index contributed by atoms with van der Waals surface area (Å²) in [5.74, 6) is 0.929. The maximum atomic E-state index is 12.8. The number of hydrogen-bond donors (Lipinski definition) is 2. The number of nitrogens with zero attached hydrogens (tertiary/aromatic N) is 1. The van der Waals surface area contributed by atoms with Crippen molar-refractivity contribution in [3.05, 3.63) is 53.1 Å². The van der Waals surface area contributed by atoms with E-state index >= 15 is 0 Å². The van der Waals surface area contributed by atoms with Crippen molar-refractivity contribution in [2.45, 2.75) is 19.6 Å². The molecule has 0 fully saturated rings. The molecule has 0 unspecified atom stereocenters. The second-order valence-electron chi connectivity index (χ2n) is 5.42. The lowest BCUT2D eigenvalue weighted by Crippen LogP contribution is -2.18. The predicted molar refractivity (Wildman–Crippen MR) is 92.1 cm³/mol. The van der Waals surface area contributed by atoms with Crippen LogP contribution in [0.15, 0.2) is 46.2 Å². The quantitative estimate of drug-likeness (QED) is 0.666. The van der Waals surface area contributed by atoms with Crippen LogP contribution in [0.5, 0.6) is 0 Å². The molecule has 136 valence electrons. The number of thiazole rings is 1. The van der Waals surface area contributed by atoms with Crippen LogP contribution in [0.1, 0.15) is 18.2 Å². The van der Waals surface area contributed by atoms with Crippen molar-refractivity contribution < 1.29 is 22.4 Å². The first-order valence-electron chi connectivity index (χ1n) is 7.54. The van der Waals surface area contributed by atoms with Crippen molar-refractivity contribution in [1.82, 2.24) is 10.3 Å². The smallest absolute Gasteiger partial charge is 0.416 e. The van der Waals surface area contributed by atoms with Crippen LogP contribution >= 0.6 is 11.3 Å². The van der Waals surface area contributed by atoms with Gasteiger partial charge in [0, 0.05) is 18.0 Å². The van der Waals surface area contributed by atoms with Crippen LogP contribution in [0.3, 0.4) is 0 Å². The first-order chi connectivity index (χ1) is 12.3. The minimum Gasteiger partial charge on any atom is -0.458 e. The van der Waals surface area contributed by atoms with Crippen molar-refractivity contribution in [2.24, 2.45) is 0 Å². The van der Waals surface area contributed by atoms with E-state index in [1.165, 1.54) is 30.4 Å². The van der Waals surface area contributed by atoms with E-state index in [0.29, 0.717) is 28.0 Å². The van der Waals surface area contributed by atoms with E-state index < -0.39 is 11.7 Å². The van der Waals surface area contributed by atoms with Gasteiger partial charge in [-0.15, -0.1) is 11.3 Å². The summed E-state index contributed by atoms with van der Waals surface area (Å²) in [7, 11) is 0. The number of nitrogens with one attached hydrogen (secondary N) is 2. The number of rotatable bonds is 5. The van der Waals surface area contributed by atoms with Gasteiger partial charge in [-0.25, -0.2) is 4.98 Å². The van der Waals surface area contributed by atoms with Crippen LogP contribution in [0.2, 0.25) is 0 Å². The van der Waals surface area contributed by atoms with Crippen molar-refractivity contribution in [1.29, 1.82) is 0 Å². The topological polar surface area (TPSA) is 67.2 Å². The zero-order valence-corrected chi connectivity index (χ0v) is 14.4. The molecule has 0 aliphatic rings. The van der Waals surface area contributed by atoms with Gasteiger partial charge in [0.05, 0.1) is 12.1 Å². The first-order valence-corrected chi connectivity index (χ1v) is 8.42. The molecule has 26 heavy (non-hydrogen) atoms. The Kier molecular flexibility index (Phi) is 4.99. The molecule has 0 aliphatic heterocycles. The molecule has 0 saturated heterocycles. The fraction of sp³-hybridized carbons (Fsp3) is 0.176. The van der Waals surface area contributed by atoms with E-state index in [9.17, 15) is 18.0 Å². The number of alkyl halides is 3. The third-order valence-corrected chi connectivity index (χ3v) is 4.13. The molecule has 1 amide bonds. The molecule has 3 aromatic rings. The molecule has 0 saturated carbocycles. The number of anilines is 2. The van der Waals surface area contributed by atoms with E-state index in [1.54, 1.807) is 17.5 Å². The number of amides is 1. The second-order valence-corrected chi connectivity index (χ2v) is 6.28. The lowest BCUT2D eigenvalue weighted by atomic mass is 10.2. The Labute approximate surface area is 150 Å². The maximum absolute atomic E-state index is 12.8. The zero-order valence-electron chi connectivity index (χ0n) is 13.6. The van der Waals surface area contributed by atoms with Gasteiger partial charge in [-0.05, 0) is 30.3 Å². The third kappa shape index (κ3) is 4.42. The summed E-state index contributed by atoms with van der Waals surface area (Å²) < 4.78 is 43.9. The highest BCUT2D eigenvalue weighted by Gasteiger charge is 2.30. The SMILES string of the molecule is CC(=O)NCc1ccc(-c2csc(Nc3cccc(C(F)(F)F)c3)n2)o1. The van der Waals surface area contributed by atoms with Crippen molar-refractivity contribution in [3.8, 4) is 11.5 Å². The van der Waals surface area contributed by atoms with Crippen molar-refractivity contribution in [3.63, 3.8) is 0 Å². The Balaban J connectivity index is 1.71. The molecular formula is C17H14F3N3O2S. The molecule has 1 aromatic carbocycles. The highest BCUT2D eigenvalue weighted by atomic mass is 32.1. The van der Waals surface area contributed by atoms with Gasteiger partial charge in [0.15, 0.2) is 10.9 Å². The fourth-order valence-electron chi connectivity index (χ4n) is 2.16. The highest BCUT2D eigenvalue weighted by molar-refractivity contribution is 7.14. The number of furan rings is 1. The molecule has 3 rings (SSSR count). The summed E-state index contributed by atoms with van der Waals surface area (Å²) in [5.41, 5.74) is 0.123. The van der Waals surface area contributed by atoms with Crippen LogP contribution in [0.25, 0.3) is 11.5 Å². The average Bonchev–Trinajstić information content (AvgIpc) is 3.21. The zero-order chi connectivity index (χ0) is 18.7. The number of aromatic nitrogens is 1. The van der Waals surface area contributed by atoms with Gasteiger partial charge in [-0.1, -0.05) is 6.07 Å². The van der Waals surface area contributed by atoms with Gasteiger partial charge >= 0.3 is 6.18 Å². The molecule has 2 aromatic heterocycles. The minimum absolute atomic E-state index is 0.163. The minimum atomic E-state index is -4.40. The van der Waals surface area contributed by atoms with Gasteiger partial charge in [0.25, 0.3) is 0 Å². The average molecular weight is 381 g/mol. The van der Waals surface area contributed by atoms with Gasteiger partial charge in [-0.2, -0.15) is 13.2 Å². The van der Waals surface area contributed by atoms with Gasteiger partial charge in [0.1, 0.15) is 11.5 Å². The summed E-state index contributed by atoms with van der Waals surface area (Å²) in [5, 5.41) is 7.67.